The number of aliphatic carboxylic acids is 1. The Kier molecular flexibility index (Phi) is 8.19. The van der Waals surface area contributed by atoms with Crippen LogP contribution in [-0.4, -0.2) is 54.9 Å². The summed E-state index contributed by atoms with van der Waals surface area (Å²) in [7, 11) is 0. The average molecular weight is 533 g/mol. The number of rotatable bonds is 7. The summed E-state index contributed by atoms with van der Waals surface area (Å²) in [4.78, 5) is 32.9. The van der Waals surface area contributed by atoms with E-state index in [1.807, 2.05) is 31.2 Å². The monoisotopic (exact) mass is 532 g/mol. The van der Waals surface area contributed by atoms with Crippen molar-refractivity contribution in [2.75, 3.05) is 18.5 Å². The molecule has 1 aliphatic rings. The van der Waals surface area contributed by atoms with Gasteiger partial charge in [-0.15, -0.1) is 9.78 Å². The lowest BCUT2D eigenvalue weighted by atomic mass is 9.99. The van der Waals surface area contributed by atoms with Gasteiger partial charge in [0.15, 0.2) is 17.3 Å². The van der Waals surface area contributed by atoms with Crippen LogP contribution in [0.2, 0.25) is 0 Å². The van der Waals surface area contributed by atoms with Crippen molar-refractivity contribution in [3.63, 3.8) is 0 Å². The highest BCUT2D eigenvalue weighted by molar-refractivity contribution is 5.95. The molecular formula is C26H28N8O5. The van der Waals surface area contributed by atoms with Gasteiger partial charge in [-0.25, -0.2) is 14.8 Å². The second kappa shape index (κ2) is 11.9. The quantitative estimate of drug-likeness (QED) is 0.174. The van der Waals surface area contributed by atoms with Crippen LogP contribution >= 0.6 is 0 Å². The van der Waals surface area contributed by atoms with Crippen molar-refractivity contribution in [1.29, 1.82) is 5.41 Å². The highest BCUT2D eigenvalue weighted by Gasteiger charge is 2.25. The third-order valence-electron chi connectivity index (χ3n) is 5.61. The highest BCUT2D eigenvalue weighted by Crippen LogP contribution is 2.38. The van der Waals surface area contributed by atoms with E-state index in [9.17, 15) is 4.79 Å². The van der Waals surface area contributed by atoms with Crippen LogP contribution in [0.5, 0.6) is 11.5 Å². The molecule has 1 atom stereocenters. The summed E-state index contributed by atoms with van der Waals surface area (Å²) in [5.41, 5.74) is 8.31. The van der Waals surface area contributed by atoms with Gasteiger partial charge in [-0.2, -0.15) is 0 Å². The van der Waals surface area contributed by atoms with E-state index in [1.54, 1.807) is 30.6 Å². The molecule has 2 aromatic heterocycles. The van der Waals surface area contributed by atoms with E-state index < -0.39 is 17.7 Å². The van der Waals surface area contributed by atoms with Crippen LogP contribution in [-0.2, 0) is 11.2 Å². The molecule has 6 N–H and O–H groups in total. The van der Waals surface area contributed by atoms with Crippen LogP contribution in [0.25, 0.3) is 5.95 Å². The number of carboxylic acids is 1. The molecule has 4 aromatic rings. The van der Waals surface area contributed by atoms with Crippen LogP contribution in [0.1, 0.15) is 42.4 Å². The number of nitrogens with two attached hydrogens (primary N) is 1. The number of fused-ring (bicyclic) bond motifs is 1. The molecule has 0 fully saturated rings. The SMILES string of the molecule is CC(=O)O.CCc1cc(C(Nc2ccc(C(=N)N)cc2)c2nn(-c3ncccn3)c(=O)[nH]2)cc2c1OCCO2. The molecule has 0 bridgehead atoms. The number of anilines is 1. The third kappa shape index (κ3) is 6.39. The van der Waals surface area contributed by atoms with Crippen molar-refractivity contribution in [3.05, 3.63) is 87.9 Å². The minimum Gasteiger partial charge on any atom is -0.486 e. The number of carbonyl (C=O) groups is 1. The number of benzene rings is 2. The number of aromatic nitrogens is 5. The number of ether oxygens (including phenoxy) is 2. The lowest BCUT2D eigenvalue weighted by molar-refractivity contribution is -0.134. The first kappa shape index (κ1) is 26.9. The maximum absolute atomic E-state index is 12.8. The second-order valence-electron chi connectivity index (χ2n) is 8.42. The summed E-state index contributed by atoms with van der Waals surface area (Å²) >= 11 is 0. The van der Waals surface area contributed by atoms with Gasteiger partial charge in [0, 0.05) is 30.6 Å². The number of carboxylic acid groups (broad SMARTS) is 1. The summed E-state index contributed by atoms with van der Waals surface area (Å²) in [5, 5.41) is 23.0. The Morgan fingerprint density at radius 1 is 1.21 bits per heavy atom. The number of amidine groups is 1. The minimum atomic E-state index is -0.833. The van der Waals surface area contributed by atoms with Gasteiger partial charge >= 0.3 is 5.69 Å². The van der Waals surface area contributed by atoms with E-state index >= 15 is 0 Å². The Balaban J connectivity index is 0.000000826. The zero-order chi connectivity index (χ0) is 27.9. The molecule has 5 rings (SSSR count). The molecule has 1 aliphatic heterocycles. The number of nitrogens with one attached hydrogen (secondary N) is 3. The average Bonchev–Trinajstić information content (AvgIpc) is 3.32. The molecule has 0 saturated carbocycles. The zero-order valence-electron chi connectivity index (χ0n) is 21.3. The minimum absolute atomic E-state index is 0.0153. The Labute approximate surface area is 223 Å². The maximum atomic E-state index is 12.8. The molecule has 2 aromatic carbocycles. The van der Waals surface area contributed by atoms with Crippen LogP contribution in [0.4, 0.5) is 5.69 Å². The Bertz CT molecular complexity index is 1490. The van der Waals surface area contributed by atoms with E-state index in [0.29, 0.717) is 30.4 Å². The first-order valence-electron chi connectivity index (χ1n) is 12.1. The van der Waals surface area contributed by atoms with Crippen molar-refractivity contribution in [2.24, 2.45) is 5.73 Å². The lowest BCUT2D eigenvalue weighted by Crippen LogP contribution is -2.19. The maximum Gasteiger partial charge on any atom is 0.350 e. The second-order valence-corrected chi connectivity index (χ2v) is 8.42. The smallest absolute Gasteiger partial charge is 0.350 e. The summed E-state index contributed by atoms with van der Waals surface area (Å²) in [6, 6.07) is 12.2. The molecule has 13 heteroatoms. The number of hydrogen-bond acceptors (Lipinski definition) is 9. The van der Waals surface area contributed by atoms with Gasteiger partial charge in [0.2, 0.25) is 0 Å². The number of aromatic amines is 1. The van der Waals surface area contributed by atoms with E-state index in [-0.39, 0.29) is 11.8 Å². The summed E-state index contributed by atoms with van der Waals surface area (Å²) in [6.45, 7) is 4.09. The summed E-state index contributed by atoms with van der Waals surface area (Å²) in [6.07, 6.45) is 3.83. The van der Waals surface area contributed by atoms with Gasteiger partial charge in [-0.05, 0) is 60.0 Å². The fraction of sp³-hybridized carbons (Fsp3) is 0.231. The van der Waals surface area contributed by atoms with E-state index in [4.69, 9.17) is 30.5 Å². The molecule has 202 valence electrons. The molecule has 0 amide bonds. The molecule has 3 heterocycles. The molecule has 39 heavy (non-hydrogen) atoms. The lowest BCUT2D eigenvalue weighted by Gasteiger charge is -2.25. The van der Waals surface area contributed by atoms with Crippen molar-refractivity contribution in [2.45, 2.75) is 26.3 Å². The number of aryl methyl sites for hydroxylation is 1. The van der Waals surface area contributed by atoms with Gasteiger partial charge < -0.3 is 25.6 Å². The fourth-order valence-electron chi connectivity index (χ4n) is 3.91. The predicted molar refractivity (Wildman–Crippen MR) is 143 cm³/mol. The Morgan fingerprint density at radius 3 is 2.51 bits per heavy atom. The van der Waals surface area contributed by atoms with Crippen molar-refractivity contribution in [3.8, 4) is 17.4 Å². The first-order chi connectivity index (χ1) is 18.8. The van der Waals surface area contributed by atoms with Crippen LogP contribution < -0.4 is 26.2 Å². The summed E-state index contributed by atoms with van der Waals surface area (Å²) in [5.74, 6) is 1.08. The zero-order valence-corrected chi connectivity index (χ0v) is 21.3. The van der Waals surface area contributed by atoms with Crippen molar-refractivity contribution >= 4 is 17.5 Å². The predicted octanol–water partition coefficient (Wildman–Crippen LogP) is 2.26. The van der Waals surface area contributed by atoms with E-state index in [2.05, 4.69) is 25.4 Å². The molecule has 0 radical (unpaired) electrons. The number of hydrogen-bond donors (Lipinski definition) is 5. The molecule has 1 unspecified atom stereocenters. The Hall–Kier alpha value is -5.20. The summed E-state index contributed by atoms with van der Waals surface area (Å²) < 4.78 is 12.9. The van der Waals surface area contributed by atoms with E-state index in [1.165, 1.54) is 0 Å². The van der Waals surface area contributed by atoms with Gasteiger partial charge in [0.05, 0.1) is 0 Å². The van der Waals surface area contributed by atoms with Crippen molar-refractivity contribution in [1.82, 2.24) is 24.7 Å². The standard InChI is InChI=1S/C24H24N8O3.C2H4O2/c1-2-14-12-16(13-18-20(14)35-11-10-34-18)19(29-17-6-4-15(5-7-17)21(25)26)22-30-24(33)32(31-22)23-27-8-3-9-28-23;1-2(3)4/h3-9,12-13,19,29H,2,10-11H2,1H3,(H3,25,26)(H,30,31,33);1H3,(H,3,4). The number of nitrogen functional groups attached to an aromatic ring is 1. The Morgan fingerprint density at radius 2 is 1.87 bits per heavy atom. The van der Waals surface area contributed by atoms with Gasteiger partial charge in [0.1, 0.15) is 25.1 Å². The van der Waals surface area contributed by atoms with E-state index in [0.717, 1.165) is 40.6 Å². The molecule has 13 nitrogen and oxygen atoms in total. The highest BCUT2D eigenvalue weighted by atomic mass is 16.6. The molecular weight excluding hydrogens is 504 g/mol. The normalized spacial score (nSPS) is 12.6. The van der Waals surface area contributed by atoms with Crippen LogP contribution in [0.15, 0.2) is 59.7 Å². The number of nitrogens with zero attached hydrogens (tertiary/aromatic N) is 4. The molecule has 0 spiro atoms. The van der Waals surface area contributed by atoms with Gasteiger partial charge in [-0.3, -0.25) is 15.2 Å². The van der Waals surface area contributed by atoms with Gasteiger partial charge in [-0.1, -0.05) is 6.92 Å². The van der Waals surface area contributed by atoms with Gasteiger partial charge in [0.25, 0.3) is 11.9 Å². The fourth-order valence-corrected chi connectivity index (χ4v) is 3.91. The van der Waals surface area contributed by atoms with Crippen LogP contribution in [0, 0.1) is 5.41 Å². The topological polar surface area (TPSA) is 194 Å². The first-order valence-corrected chi connectivity index (χ1v) is 12.1. The largest absolute Gasteiger partial charge is 0.486 e. The van der Waals surface area contributed by atoms with Crippen molar-refractivity contribution < 1.29 is 19.4 Å². The van der Waals surface area contributed by atoms with Crippen LogP contribution in [0.3, 0.4) is 0 Å². The molecule has 0 saturated heterocycles. The molecule has 0 aliphatic carbocycles. The number of H-pyrrole nitrogens is 1. The third-order valence-corrected chi connectivity index (χ3v) is 5.61.